The first-order valence-corrected chi connectivity index (χ1v) is 5.97. The van der Waals surface area contributed by atoms with Gasteiger partial charge in [0.25, 0.3) is 0 Å². The highest BCUT2D eigenvalue weighted by molar-refractivity contribution is 6.31. The number of halogens is 1. The second-order valence-corrected chi connectivity index (χ2v) is 4.64. The smallest absolute Gasteiger partial charge is 0.0865 e. The minimum absolute atomic E-state index is 0.643. The van der Waals surface area contributed by atoms with E-state index in [0.29, 0.717) is 17.3 Å². The molecule has 0 saturated carbocycles. The van der Waals surface area contributed by atoms with Gasteiger partial charge in [0.15, 0.2) is 0 Å². The summed E-state index contributed by atoms with van der Waals surface area (Å²) in [5, 5.41) is 5.00. The van der Waals surface area contributed by atoms with Crippen LogP contribution in [0.3, 0.4) is 0 Å². The normalized spacial score (nSPS) is 10.7. The minimum atomic E-state index is 0.643. The van der Waals surface area contributed by atoms with E-state index in [1.165, 1.54) is 0 Å². The van der Waals surface area contributed by atoms with Crippen molar-refractivity contribution in [2.24, 2.45) is 7.05 Å². The maximum Gasteiger partial charge on any atom is 0.0865 e. The molecule has 0 aliphatic heterocycles. The summed E-state index contributed by atoms with van der Waals surface area (Å²) in [4.78, 5) is 6.01. The number of nitrogens with zero attached hydrogens (tertiary/aromatic N) is 4. The quantitative estimate of drug-likeness (QED) is 0.922. The minimum Gasteiger partial charge on any atom is -0.396 e. The molecule has 0 aromatic carbocycles. The molecule has 96 valence electrons. The highest BCUT2D eigenvalue weighted by Gasteiger charge is 2.14. The number of aromatic nitrogens is 3. The molecule has 2 N–H and O–H groups in total. The standard InChI is InChI=1S/C12H16ClN5/c1-8-12(13)11(18(3)16-8)7-17(2)10-4-5-15-6-9(10)14/h4-6H,7,14H2,1-3H3. The van der Waals surface area contributed by atoms with E-state index < -0.39 is 0 Å². The molecule has 0 amide bonds. The van der Waals surface area contributed by atoms with E-state index in [0.717, 1.165) is 17.1 Å². The number of hydrogen-bond donors (Lipinski definition) is 1. The van der Waals surface area contributed by atoms with Crippen molar-refractivity contribution in [3.8, 4) is 0 Å². The number of pyridine rings is 1. The molecule has 0 aliphatic rings. The molecule has 18 heavy (non-hydrogen) atoms. The predicted molar refractivity (Wildman–Crippen MR) is 73.7 cm³/mol. The second kappa shape index (κ2) is 4.86. The summed E-state index contributed by atoms with van der Waals surface area (Å²) in [6.45, 7) is 2.54. The summed E-state index contributed by atoms with van der Waals surface area (Å²) in [7, 11) is 3.85. The average molecular weight is 266 g/mol. The van der Waals surface area contributed by atoms with Crippen LogP contribution in [0.15, 0.2) is 18.5 Å². The third-order valence-electron chi connectivity index (χ3n) is 2.89. The number of anilines is 2. The zero-order chi connectivity index (χ0) is 13.3. The van der Waals surface area contributed by atoms with Crippen molar-refractivity contribution in [1.29, 1.82) is 0 Å². The molecule has 0 aliphatic carbocycles. The number of aryl methyl sites for hydroxylation is 2. The molecule has 0 radical (unpaired) electrons. The van der Waals surface area contributed by atoms with Gasteiger partial charge in [-0.05, 0) is 13.0 Å². The van der Waals surface area contributed by atoms with Gasteiger partial charge in [0, 0.05) is 20.3 Å². The molecule has 0 unspecified atom stereocenters. The largest absolute Gasteiger partial charge is 0.396 e. The van der Waals surface area contributed by atoms with Gasteiger partial charge in [0.05, 0.1) is 40.5 Å². The Labute approximate surface area is 111 Å². The van der Waals surface area contributed by atoms with Crippen molar-refractivity contribution in [2.45, 2.75) is 13.5 Å². The van der Waals surface area contributed by atoms with Gasteiger partial charge < -0.3 is 10.6 Å². The summed E-state index contributed by atoms with van der Waals surface area (Å²) >= 11 is 6.23. The van der Waals surface area contributed by atoms with Crippen LogP contribution in [0.25, 0.3) is 0 Å². The van der Waals surface area contributed by atoms with Crippen molar-refractivity contribution in [1.82, 2.24) is 14.8 Å². The Morgan fingerprint density at radius 3 is 2.78 bits per heavy atom. The number of hydrogen-bond acceptors (Lipinski definition) is 4. The van der Waals surface area contributed by atoms with Crippen LogP contribution in [0.4, 0.5) is 11.4 Å². The molecule has 5 nitrogen and oxygen atoms in total. The van der Waals surface area contributed by atoms with E-state index in [2.05, 4.69) is 10.1 Å². The zero-order valence-corrected chi connectivity index (χ0v) is 11.4. The topological polar surface area (TPSA) is 60.0 Å². The summed E-state index contributed by atoms with van der Waals surface area (Å²) < 4.78 is 1.80. The summed E-state index contributed by atoms with van der Waals surface area (Å²) in [5.74, 6) is 0. The fourth-order valence-electron chi connectivity index (χ4n) is 1.91. The molecular formula is C12H16ClN5. The van der Waals surface area contributed by atoms with E-state index in [-0.39, 0.29) is 0 Å². The van der Waals surface area contributed by atoms with Gasteiger partial charge in [-0.15, -0.1) is 0 Å². The van der Waals surface area contributed by atoms with E-state index >= 15 is 0 Å². The first-order valence-electron chi connectivity index (χ1n) is 5.59. The van der Waals surface area contributed by atoms with E-state index in [9.17, 15) is 0 Å². The van der Waals surface area contributed by atoms with Crippen LogP contribution < -0.4 is 10.6 Å². The lowest BCUT2D eigenvalue weighted by molar-refractivity contribution is 0.694. The Hall–Kier alpha value is -1.75. The molecule has 2 aromatic heterocycles. The molecule has 0 bridgehead atoms. The molecule has 6 heteroatoms. The van der Waals surface area contributed by atoms with Crippen LogP contribution in [-0.2, 0) is 13.6 Å². The Balaban J connectivity index is 2.27. The maximum atomic E-state index is 6.23. The lowest BCUT2D eigenvalue weighted by Gasteiger charge is -2.20. The Morgan fingerprint density at radius 2 is 2.22 bits per heavy atom. The molecule has 0 saturated heterocycles. The van der Waals surface area contributed by atoms with Crippen molar-refractivity contribution in [3.05, 3.63) is 34.9 Å². The highest BCUT2D eigenvalue weighted by Crippen LogP contribution is 2.25. The third kappa shape index (κ3) is 2.26. The van der Waals surface area contributed by atoms with Gasteiger partial charge in [-0.2, -0.15) is 5.10 Å². The van der Waals surface area contributed by atoms with Gasteiger partial charge in [0.2, 0.25) is 0 Å². The van der Waals surface area contributed by atoms with Crippen LogP contribution in [0.1, 0.15) is 11.4 Å². The first kappa shape index (κ1) is 12.7. The summed E-state index contributed by atoms with van der Waals surface area (Å²) in [6.07, 6.45) is 3.36. The van der Waals surface area contributed by atoms with Crippen molar-refractivity contribution >= 4 is 23.0 Å². The number of nitrogens with two attached hydrogens (primary N) is 1. The Morgan fingerprint density at radius 1 is 1.50 bits per heavy atom. The SMILES string of the molecule is Cc1nn(C)c(CN(C)c2ccncc2N)c1Cl. The maximum absolute atomic E-state index is 6.23. The lowest BCUT2D eigenvalue weighted by Crippen LogP contribution is -2.20. The number of nitrogen functional groups attached to an aromatic ring is 1. The van der Waals surface area contributed by atoms with Gasteiger partial charge in [-0.3, -0.25) is 9.67 Å². The van der Waals surface area contributed by atoms with E-state index in [1.807, 2.05) is 32.0 Å². The van der Waals surface area contributed by atoms with Gasteiger partial charge >= 0.3 is 0 Å². The Kier molecular flexibility index (Phi) is 3.43. The molecule has 0 spiro atoms. The number of rotatable bonds is 3. The van der Waals surface area contributed by atoms with Gasteiger partial charge in [-0.25, -0.2) is 0 Å². The van der Waals surface area contributed by atoms with Crippen molar-refractivity contribution in [2.75, 3.05) is 17.7 Å². The molecular weight excluding hydrogens is 250 g/mol. The average Bonchev–Trinajstić information content (AvgIpc) is 2.56. The highest BCUT2D eigenvalue weighted by atomic mass is 35.5. The lowest BCUT2D eigenvalue weighted by atomic mass is 10.3. The van der Waals surface area contributed by atoms with Crippen LogP contribution >= 0.6 is 11.6 Å². The molecule has 0 fully saturated rings. The van der Waals surface area contributed by atoms with Crippen LogP contribution in [0.2, 0.25) is 5.02 Å². The monoisotopic (exact) mass is 265 g/mol. The second-order valence-electron chi connectivity index (χ2n) is 4.26. The van der Waals surface area contributed by atoms with Crippen molar-refractivity contribution < 1.29 is 0 Å². The first-order chi connectivity index (χ1) is 8.50. The summed E-state index contributed by atoms with van der Waals surface area (Å²) in [6, 6.07) is 1.88. The molecule has 2 aromatic rings. The fourth-order valence-corrected chi connectivity index (χ4v) is 2.13. The zero-order valence-electron chi connectivity index (χ0n) is 10.7. The van der Waals surface area contributed by atoms with Crippen molar-refractivity contribution in [3.63, 3.8) is 0 Å². The molecule has 2 rings (SSSR count). The fraction of sp³-hybridized carbons (Fsp3) is 0.333. The summed E-state index contributed by atoms with van der Waals surface area (Å²) in [5.41, 5.74) is 9.28. The van der Waals surface area contributed by atoms with Gasteiger partial charge in [-0.1, -0.05) is 11.6 Å². The predicted octanol–water partition coefficient (Wildman–Crippen LogP) is 2.00. The van der Waals surface area contributed by atoms with Crippen LogP contribution in [0.5, 0.6) is 0 Å². The molecule has 2 heterocycles. The van der Waals surface area contributed by atoms with Gasteiger partial charge in [0.1, 0.15) is 0 Å². The Bertz CT molecular complexity index is 564. The van der Waals surface area contributed by atoms with Crippen LogP contribution in [-0.4, -0.2) is 21.8 Å². The van der Waals surface area contributed by atoms with E-state index in [4.69, 9.17) is 17.3 Å². The van der Waals surface area contributed by atoms with Crippen LogP contribution in [0, 0.1) is 6.92 Å². The molecule has 0 atom stereocenters. The van der Waals surface area contributed by atoms with E-state index in [1.54, 1.807) is 17.1 Å². The third-order valence-corrected chi connectivity index (χ3v) is 3.38.